The lowest BCUT2D eigenvalue weighted by Crippen LogP contribution is -2.38. The number of aryl methyl sites for hydroxylation is 1. The highest BCUT2D eigenvalue weighted by atomic mass is 32.1. The lowest BCUT2D eigenvalue weighted by Gasteiger charge is -2.13. The van der Waals surface area contributed by atoms with E-state index >= 15 is 0 Å². The van der Waals surface area contributed by atoms with E-state index in [0.717, 1.165) is 36.9 Å². The molecule has 1 unspecified atom stereocenters. The summed E-state index contributed by atoms with van der Waals surface area (Å²) in [6.45, 7) is 8.77. The number of hydrogen-bond donors (Lipinski definition) is 2. The number of carbonyl (C=O) groups is 1. The maximum absolute atomic E-state index is 11.7. The molecule has 0 aliphatic carbocycles. The predicted octanol–water partition coefficient (Wildman–Crippen LogP) is 1.59. The molecule has 1 aliphatic heterocycles. The van der Waals surface area contributed by atoms with E-state index in [9.17, 15) is 4.79 Å². The van der Waals surface area contributed by atoms with Crippen molar-refractivity contribution in [2.24, 2.45) is 5.92 Å². The van der Waals surface area contributed by atoms with Gasteiger partial charge >= 0.3 is 6.03 Å². The second kappa shape index (κ2) is 6.86. The number of rotatable bonds is 5. The number of likely N-dealkylation sites (tertiary alicyclic amines) is 1. The van der Waals surface area contributed by atoms with Crippen molar-refractivity contribution in [2.45, 2.75) is 26.8 Å². The van der Waals surface area contributed by atoms with Crippen LogP contribution in [0.1, 0.15) is 24.0 Å². The highest BCUT2D eigenvalue weighted by molar-refractivity contribution is 7.09. The van der Waals surface area contributed by atoms with Crippen LogP contribution >= 0.6 is 11.3 Å². The summed E-state index contributed by atoms with van der Waals surface area (Å²) in [5, 5.41) is 8.73. The van der Waals surface area contributed by atoms with Crippen molar-refractivity contribution in [1.29, 1.82) is 0 Å². The summed E-state index contributed by atoms with van der Waals surface area (Å²) in [5.74, 6) is 0.591. The Morgan fingerprint density at radius 1 is 1.58 bits per heavy atom. The average Bonchev–Trinajstić information content (AvgIpc) is 3.02. The van der Waals surface area contributed by atoms with Crippen LogP contribution in [0.2, 0.25) is 0 Å². The molecule has 2 rings (SSSR count). The molecule has 6 heteroatoms. The zero-order chi connectivity index (χ0) is 13.7. The molecule has 0 radical (unpaired) electrons. The quantitative estimate of drug-likeness (QED) is 0.862. The van der Waals surface area contributed by atoms with Crippen LogP contribution in [0.25, 0.3) is 0 Å². The Labute approximate surface area is 118 Å². The molecule has 1 aliphatic rings. The molecule has 19 heavy (non-hydrogen) atoms. The smallest absolute Gasteiger partial charge is 0.315 e. The largest absolute Gasteiger partial charge is 0.338 e. The minimum Gasteiger partial charge on any atom is -0.338 e. The van der Waals surface area contributed by atoms with Gasteiger partial charge < -0.3 is 15.5 Å². The molecule has 1 saturated heterocycles. The van der Waals surface area contributed by atoms with Crippen molar-refractivity contribution in [1.82, 2.24) is 20.5 Å². The van der Waals surface area contributed by atoms with Crippen LogP contribution in [0.15, 0.2) is 5.38 Å². The molecule has 2 heterocycles. The van der Waals surface area contributed by atoms with Gasteiger partial charge in [-0.1, -0.05) is 6.92 Å². The van der Waals surface area contributed by atoms with Crippen LogP contribution in [-0.4, -0.2) is 42.1 Å². The van der Waals surface area contributed by atoms with Crippen LogP contribution in [0.4, 0.5) is 4.79 Å². The first-order chi connectivity index (χ1) is 9.17. The summed E-state index contributed by atoms with van der Waals surface area (Å²) in [5.41, 5.74) is 1.01. The molecule has 1 aromatic rings. The van der Waals surface area contributed by atoms with Gasteiger partial charge in [0.15, 0.2) is 0 Å². The molecule has 0 aromatic carbocycles. The van der Waals surface area contributed by atoms with Crippen molar-refractivity contribution in [3.05, 3.63) is 16.1 Å². The molecule has 0 spiro atoms. The Kier molecular flexibility index (Phi) is 5.15. The van der Waals surface area contributed by atoms with Gasteiger partial charge in [0.25, 0.3) is 0 Å². The Hall–Kier alpha value is -1.14. The fraction of sp³-hybridized carbons (Fsp3) is 0.692. The average molecular weight is 282 g/mol. The Morgan fingerprint density at radius 2 is 2.42 bits per heavy atom. The Bertz CT molecular complexity index is 421. The molecule has 1 atom stereocenters. The van der Waals surface area contributed by atoms with Crippen molar-refractivity contribution in [2.75, 3.05) is 26.2 Å². The summed E-state index contributed by atoms with van der Waals surface area (Å²) < 4.78 is 0. The van der Waals surface area contributed by atoms with Crippen molar-refractivity contribution >= 4 is 17.4 Å². The van der Waals surface area contributed by atoms with Crippen LogP contribution in [0.5, 0.6) is 0 Å². The van der Waals surface area contributed by atoms with Crippen LogP contribution in [0, 0.1) is 12.8 Å². The van der Waals surface area contributed by atoms with Crippen molar-refractivity contribution < 1.29 is 4.79 Å². The van der Waals surface area contributed by atoms with Gasteiger partial charge in [-0.05, 0) is 32.4 Å². The molecular formula is C13H22N4OS. The van der Waals surface area contributed by atoms with Gasteiger partial charge in [-0.15, -0.1) is 11.3 Å². The maximum atomic E-state index is 11.7. The van der Waals surface area contributed by atoms with E-state index in [1.807, 2.05) is 12.3 Å². The van der Waals surface area contributed by atoms with Gasteiger partial charge in [0.2, 0.25) is 0 Å². The van der Waals surface area contributed by atoms with Gasteiger partial charge in [-0.2, -0.15) is 0 Å². The first-order valence-corrected chi connectivity index (χ1v) is 7.70. The van der Waals surface area contributed by atoms with Gasteiger partial charge in [0, 0.05) is 24.2 Å². The first kappa shape index (κ1) is 14.3. The van der Waals surface area contributed by atoms with Gasteiger partial charge in [-0.25, -0.2) is 9.78 Å². The summed E-state index contributed by atoms with van der Waals surface area (Å²) in [7, 11) is 0. The molecule has 2 amide bonds. The number of urea groups is 1. The van der Waals surface area contributed by atoms with E-state index in [-0.39, 0.29) is 6.03 Å². The first-order valence-electron chi connectivity index (χ1n) is 6.82. The highest BCUT2D eigenvalue weighted by Crippen LogP contribution is 2.14. The molecule has 0 saturated carbocycles. The minimum atomic E-state index is -0.0946. The minimum absolute atomic E-state index is 0.0946. The molecular weight excluding hydrogens is 260 g/mol. The molecule has 1 fully saturated rings. The van der Waals surface area contributed by atoms with E-state index in [0.29, 0.717) is 12.5 Å². The van der Waals surface area contributed by atoms with E-state index in [1.165, 1.54) is 6.42 Å². The third kappa shape index (κ3) is 4.47. The number of amides is 2. The number of nitrogens with zero attached hydrogens (tertiary/aromatic N) is 2. The predicted molar refractivity (Wildman–Crippen MR) is 77.3 cm³/mol. The monoisotopic (exact) mass is 282 g/mol. The van der Waals surface area contributed by atoms with Crippen LogP contribution < -0.4 is 10.6 Å². The summed E-state index contributed by atoms with van der Waals surface area (Å²) in [4.78, 5) is 18.4. The van der Waals surface area contributed by atoms with E-state index in [2.05, 4.69) is 27.4 Å². The van der Waals surface area contributed by atoms with Gasteiger partial charge in [0.05, 0.1) is 6.54 Å². The number of hydrogen-bond acceptors (Lipinski definition) is 4. The lowest BCUT2D eigenvalue weighted by molar-refractivity contribution is 0.238. The van der Waals surface area contributed by atoms with Crippen molar-refractivity contribution in [3.8, 4) is 0 Å². The zero-order valence-corrected chi connectivity index (χ0v) is 12.4. The Balaban J connectivity index is 1.62. The SMILES string of the molecule is CCN1CCC(CNC(=O)NCc2nc(C)cs2)C1. The molecule has 2 N–H and O–H groups in total. The number of thiazole rings is 1. The molecule has 0 bridgehead atoms. The number of nitrogens with one attached hydrogen (secondary N) is 2. The maximum Gasteiger partial charge on any atom is 0.315 e. The second-order valence-corrected chi connectivity index (χ2v) is 5.94. The topological polar surface area (TPSA) is 57.3 Å². The van der Waals surface area contributed by atoms with Gasteiger partial charge in [0.1, 0.15) is 5.01 Å². The summed E-state index contributed by atoms with van der Waals surface area (Å²) in [6.07, 6.45) is 1.18. The normalized spacial score (nSPS) is 19.6. The molecule has 1 aromatic heterocycles. The fourth-order valence-electron chi connectivity index (χ4n) is 2.31. The second-order valence-electron chi connectivity index (χ2n) is 4.99. The fourth-order valence-corrected chi connectivity index (χ4v) is 3.02. The van der Waals surface area contributed by atoms with Crippen LogP contribution in [-0.2, 0) is 6.54 Å². The van der Waals surface area contributed by atoms with E-state index in [4.69, 9.17) is 0 Å². The van der Waals surface area contributed by atoms with E-state index < -0.39 is 0 Å². The zero-order valence-electron chi connectivity index (χ0n) is 11.6. The standard InChI is InChI=1S/C13H22N4OS/c1-3-17-5-4-11(8-17)6-14-13(18)15-7-12-16-10(2)9-19-12/h9,11H,3-8H2,1-2H3,(H2,14,15,18). The summed E-state index contributed by atoms with van der Waals surface area (Å²) >= 11 is 1.58. The lowest BCUT2D eigenvalue weighted by atomic mass is 10.1. The third-order valence-corrected chi connectivity index (χ3v) is 4.40. The van der Waals surface area contributed by atoms with Gasteiger partial charge in [-0.3, -0.25) is 0 Å². The molecule has 5 nitrogen and oxygen atoms in total. The third-order valence-electron chi connectivity index (χ3n) is 3.44. The Morgan fingerprint density at radius 3 is 3.05 bits per heavy atom. The number of carbonyl (C=O) groups excluding carboxylic acids is 1. The summed E-state index contributed by atoms with van der Waals surface area (Å²) in [6, 6.07) is -0.0946. The molecule has 106 valence electrons. The van der Waals surface area contributed by atoms with Crippen LogP contribution in [0.3, 0.4) is 0 Å². The van der Waals surface area contributed by atoms with E-state index in [1.54, 1.807) is 11.3 Å². The highest BCUT2D eigenvalue weighted by Gasteiger charge is 2.21. The van der Waals surface area contributed by atoms with Crippen molar-refractivity contribution in [3.63, 3.8) is 0 Å². The number of aromatic nitrogens is 1.